The number of ketones is 1. The molecule has 1 N–H and O–H groups in total. The number of Topliss-reactive ketones (excluding diaryl/α,β-unsaturated/α-hetero) is 1. The molecule has 1 amide bonds. The molecule has 1 aliphatic heterocycles. The highest BCUT2D eigenvalue weighted by molar-refractivity contribution is 7.17. The van der Waals surface area contributed by atoms with Gasteiger partial charge in [-0.1, -0.05) is 59.9 Å². The van der Waals surface area contributed by atoms with Gasteiger partial charge < -0.3 is 24.1 Å². The molecule has 1 unspecified atom stereocenters. The molecule has 0 aliphatic carbocycles. The Hall–Kier alpha value is -5.16. The van der Waals surface area contributed by atoms with Gasteiger partial charge in [0.15, 0.2) is 16.6 Å². The molecule has 220 valence electrons. The number of aliphatic hydroxyl groups excluding tert-OH is 1. The zero-order valence-electron chi connectivity index (χ0n) is 23.8. The van der Waals surface area contributed by atoms with Crippen molar-refractivity contribution in [1.82, 2.24) is 4.98 Å². The van der Waals surface area contributed by atoms with Crippen molar-refractivity contribution in [1.29, 1.82) is 0 Å². The second-order valence-electron chi connectivity index (χ2n) is 9.49. The van der Waals surface area contributed by atoms with Gasteiger partial charge in [-0.25, -0.2) is 9.78 Å². The van der Waals surface area contributed by atoms with Gasteiger partial charge in [-0.05, 0) is 42.3 Å². The number of aliphatic hydroxyl groups is 1. The first-order chi connectivity index (χ1) is 20.8. The van der Waals surface area contributed by atoms with E-state index in [1.165, 1.54) is 26.2 Å². The molecule has 0 bridgehead atoms. The minimum atomic E-state index is -1.11. The first-order valence-electron chi connectivity index (χ1n) is 13.1. The fourth-order valence-corrected chi connectivity index (χ4v) is 5.76. The molecule has 11 heteroatoms. The van der Waals surface area contributed by atoms with Gasteiger partial charge in [-0.3, -0.25) is 14.5 Å². The van der Waals surface area contributed by atoms with Gasteiger partial charge in [0.1, 0.15) is 23.0 Å². The Morgan fingerprint density at radius 3 is 2.42 bits per heavy atom. The second kappa shape index (κ2) is 12.4. The maximum Gasteiger partial charge on any atom is 0.350 e. The lowest BCUT2D eigenvalue weighted by atomic mass is 9.95. The Labute approximate surface area is 251 Å². The van der Waals surface area contributed by atoms with Crippen molar-refractivity contribution in [3.8, 4) is 17.2 Å². The van der Waals surface area contributed by atoms with Crippen LogP contribution in [0.4, 0.5) is 5.13 Å². The molecule has 10 nitrogen and oxygen atoms in total. The lowest BCUT2D eigenvalue weighted by molar-refractivity contribution is -0.132. The molecule has 4 aromatic rings. The van der Waals surface area contributed by atoms with E-state index in [9.17, 15) is 19.5 Å². The first kappa shape index (κ1) is 29.3. The quantitative estimate of drug-likeness (QED) is 0.115. The third-order valence-electron chi connectivity index (χ3n) is 6.89. The van der Waals surface area contributed by atoms with E-state index >= 15 is 0 Å². The number of thiazole rings is 1. The Morgan fingerprint density at radius 2 is 1.72 bits per heavy atom. The number of aryl methyl sites for hydroxylation is 1. The number of benzene rings is 3. The number of hydrogen-bond acceptors (Lipinski definition) is 10. The summed E-state index contributed by atoms with van der Waals surface area (Å²) in [6, 6.07) is 20.0. The number of methoxy groups -OCH3 is 3. The number of ether oxygens (including phenoxy) is 4. The van der Waals surface area contributed by atoms with Gasteiger partial charge in [0.25, 0.3) is 5.78 Å². The normalized spacial score (nSPS) is 15.8. The van der Waals surface area contributed by atoms with Crippen molar-refractivity contribution in [2.45, 2.75) is 19.6 Å². The Bertz CT molecular complexity index is 1730. The summed E-state index contributed by atoms with van der Waals surface area (Å²) in [6.45, 7) is 1.90. The Kier molecular flexibility index (Phi) is 8.44. The van der Waals surface area contributed by atoms with Crippen LogP contribution in [-0.4, -0.2) is 49.1 Å². The maximum atomic E-state index is 13.6. The SMILES string of the molecule is COC(=O)c1sc(N2C(=O)C(=O)C(=C(O)c3cccc(OC)c3)C2c2ccc(OCc3ccccc3)c(OC)c2)nc1C. The number of rotatable bonds is 9. The first-order valence-corrected chi connectivity index (χ1v) is 13.9. The number of amides is 1. The minimum Gasteiger partial charge on any atom is -0.507 e. The number of nitrogens with zero attached hydrogens (tertiary/aromatic N) is 2. The monoisotopic (exact) mass is 600 g/mol. The molecule has 1 fully saturated rings. The average Bonchev–Trinajstić information content (AvgIpc) is 3.55. The van der Waals surface area contributed by atoms with E-state index in [1.54, 1.807) is 49.4 Å². The Balaban J connectivity index is 1.64. The molecular weight excluding hydrogens is 572 g/mol. The van der Waals surface area contributed by atoms with Gasteiger partial charge >= 0.3 is 11.9 Å². The predicted octanol–water partition coefficient (Wildman–Crippen LogP) is 5.46. The van der Waals surface area contributed by atoms with Crippen LogP contribution in [0.1, 0.15) is 38.1 Å². The molecule has 5 rings (SSSR count). The summed E-state index contributed by atoms with van der Waals surface area (Å²) in [6.07, 6.45) is 0. The van der Waals surface area contributed by atoms with Gasteiger partial charge in [0, 0.05) is 5.56 Å². The lowest BCUT2D eigenvalue weighted by Crippen LogP contribution is -2.29. The summed E-state index contributed by atoms with van der Waals surface area (Å²) in [4.78, 5) is 45.3. The van der Waals surface area contributed by atoms with E-state index in [0.29, 0.717) is 35.1 Å². The topological polar surface area (TPSA) is 124 Å². The van der Waals surface area contributed by atoms with Crippen molar-refractivity contribution in [3.05, 3.63) is 106 Å². The highest BCUT2D eigenvalue weighted by Gasteiger charge is 2.48. The van der Waals surface area contributed by atoms with E-state index in [1.807, 2.05) is 30.3 Å². The fourth-order valence-electron chi connectivity index (χ4n) is 4.75. The van der Waals surface area contributed by atoms with E-state index in [-0.39, 0.29) is 21.1 Å². The highest BCUT2D eigenvalue weighted by atomic mass is 32.1. The van der Waals surface area contributed by atoms with Crippen LogP contribution < -0.4 is 19.1 Å². The van der Waals surface area contributed by atoms with E-state index in [0.717, 1.165) is 16.9 Å². The number of hydrogen-bond donors (Lipinski definition) is 1. The van der Waals surface area contributed by atoms with Crippen LogP contribution >= 0.6 is 11.3 Å². The number of esters is 1. The van der Waals surface area contributed by atoms with Crippen molar-refractivity contribution in [2.24, 2.45) is 0 Å². The average molecular weight is 601 g/mol. The molecule has 0 spiro atoms. The largest absolute Gasteiger partial charge is 0.507 e. The van der Waals surface area contributed by atoms with Crippen LogP contribution in [0, 0.1) is 6.92 Å². The molecule has 43 heavy (non-hydrogen) atoms. The zero-order valence-corrected chi connectivity index (χ0v) is 24.6. The molecule has 1 aromatic heterocycles. The van der Waals surface area contributed by atoms with Gasteiger partial charge in [-0.2, -0.15) is 0 Å². The van der Waals surface area contributed by atoms with Crippen molar-refractivity contribution >= 4 is 39.9 Å². The lowest BCUT2D eigenvalue weighted by Gasteiger charge is -2.24. The molecule has 1 atom stereocenters. The maximum absolute atomic E-state index is 13.6. The van der Waals surface area contributed by atoms with Crippen molar-refractivity contribution < 1.29 is 38.4 Å². The summed E-state index contributed by atoms with van der Waals surface area (Å²) < 4.78 is 21.8. The van der Waals surface area contributed by atoms with Crippen LogP contribution in [0.5, 0.6) is 17.2 Å². The zero-order chi connectivity index (χ0) is 30.7. The predicted molar refractivity (Wildman–Crippen MR) is 160 cm³/mol. The fraction of sp³-hybridized carbons (Fsp3) is 0.188. The molecule has 0 saturated carbocycles. The van der Waals surface area contributed by atoms with E-state index < -0.39 is 29.5 Å². The van der Waals surface area contributed by atoms with Gasteiger partial charge in [-0.15, -0.1) is 0 Å². The number of carbonyl (C=O) groups is 3. The molecule has 3 aromatic carbocycles. The highest BCUT2D eigenvalue weighted by Crippen LogP contribution is 2.45. The standard InChI is InChI=1S/C32H28N2O8S/c1-18-29(31(38)41-4)43-32(33-18)34-26(25(28(36)30(34)37)27(35)21-11-8-12-22(15-21)39-2)20-13-14-23(24(16-20)40-3)42-17-19-9-6-5-7-10-19/h5-16,26,35H,17H2,1-4H3. The molecule has 2 heterocycles. The van der Waals surface area contributed by atoms with Crippen molar-refractivity contribution in [2.75, 3.05) is 26.2 Å². The molecule has 1 saturated heterocycles. The summed E-state index contributed by atoms with van der Waals surface area (Å²) in [7, 11) is 4.21. The molecule has 0 radical (unpaired) electrons. The smallest absolute Gasteiger partial charge is 0.350 e. The van der Waals surface area contributed by atoms with Gasteiger partial charge in [0.2, 0.25) is 0 Å². The summed E-state index contributed by atoms with van der Waals surface area (Å²) in [5, 5.41) is 11.6. The number of anilines is 1. The van der Waals surface area contributed by atoms with Crippen LogP contribution in [0.15, 0.2) is 78.4 Å². The number of carbonyl (C=O) groups excluding carboxylic acids is 3. The van der Waals surface area contributed by atoms with Crippen molar-refractivity contribution in [3.63, 3.8) is 0 Å². The van der Waals surface area contributed by atoms with Crippen LogP contribution in [0.3, 0.4) is 0 Å². The van der Waals surface area contributed by atoms with Crippen LogP contribution in [0.25, 0.3) is 5.76 Å². The van der Waals surface area contributed by atoms with Gasteiger partial charge in [0.05, 0.1) is 38.6 Å². The van der Waals surface area contributed by atoms with Crippen LogP contribution in [-0.2, 0) is 20.9 Å². The third kappa shape index (κ3) is 5.67. The van der Waals surface area contributed by atoms with Crippen LogP contribution in [0.2, 0.25) is 0 Å². The summed E-state index contributed by atoms with van der Waals surface area (Å²) in [5.41, 5.74) is 1.86. The van der Waals surface area contributed by atoms with E-state index in [2.05, 4.69) is 4.98 Å². The molecule has 1 aliphatic rings. The Morgan fingerprint density at radius 1 is 0.953 bits per heavy atom. The summed E-state index contributed by atoms with van der Waals surface area (Å²) in [5.74, 6) is -1.59. The van der Waals surface area contributed by atoms with E-state index in [4.69, 9.17) is 18.9 Å². The number of aromatic nitrogens is 1. The minimum absolute atomic E-state index is 0.0954. The molecular formula is C32H28N2O8S. The second-order valence-corrected chi connectivity index (χ2v) is 10.5. The third-order valence-corrected chi connectivity index (χ3v) is 8.03. The summed E-state index contributed by atoms with van der Waals surface area (Å²) >= 11 is 0.915.